The van der Waals surface area contributed by atoms with Crippen LogP contribution >= 0.6 is 0 Å². The molecule has 110 valence electrons. The van der Waals surface area contributed by atoms with Crippen LogP contribution in [0.1, 0.15) is 29.6 Å². The molecule has 20 heavy (non-hydrogen) atoms. The number of nitrogens with one attached hydrogen (secondary N) is 1. The fraction of sp³-hybridized carbons (Fsp3) is 0.500. The zero-order valence-corrected chi connectivity index (χ0v) is 11.2. The van der Waals surface area contributed by atoms with E-state index in [1.807, 2.05) is 0 Å². The molecule has 1 aliphatic heterocycles. The molecular weight excluding hydrogens is 268 g/mol. The molecular formula is C14H17F2NO3. The maximum absolute atomic E-state index is 13.8. The lowest BCUT2D eigenvalue weighted by atomic mass is 10.1. The third-order valence-electron chi connectivity index (χ3n) is 3.28. The Kier molecular flexibility index (Phi) is 4.89. The molecule has 0 saturated carbocycles. The highest BCUT2D eigenvalue weighted by molar-refractivity contribution is 5.90. The van der Waals surface area contributed by atoms with E-state index >= 15 is 0 Å². The molecule has 4 nitrogen and oxygen atoms in total. The lowest BCUT2D eigenvalue weighted by molar-refractivity contribution is 0.0247. The van der Waals surface area contributed by atoms with Gasteiger partial charge in [-0.1, -0.05) is 0 Å². The van der Waals surface area contributed by atoms with Crippen molar-refractivity contribution < 1.29 is 23.0 Å². The van der Waals surface area contributed by atoms with Crippen LogP contribution in [-0.4, -0.2) is 32.3 Å². The summed E-state index contributed by atoms with van der Waals surface area (Å²) in [5.41, 5.74) is -0.395. The number of carbonyl (C=O) groups excluding carboxylic acids is 1. The summed E-state index contributed by atoms with van der Waals surface area (Å²) in [7, 11) is 1.12. The number of rotatable bonds is 4. The second-order valence-corrected chi connectivity index (χ2v) is 4.65. The molecule has 1 heterocycles. The van der Waals surface area contributed by atoms with E-state index in [1.54, 1.807) is 0 Å². The lowest BCUT2D eigenvalue weighted by Crippen LogP contribution is -2.27. The van der Waals surface area contributed by atoms with Gasteiger partial charge in [0.15, 0.2) is 11.6 Å². The van der Waals surface area contributed by atoms with Gasteiger partial charge < -0.3 is 14.8 Å². The van der Waals surface area contributed by atoms with Crippen LogP contribution in [-0.2, 0) is 9.47 Å². The van der Waals surface area contributed by atoms with Gasteiger partial charge in [-0.05, 0) is 31.4 Å². The number of halogens is 2. The van der Waals surface area contributed by atoms with Gasteiger partial charge in [0.1, 0.15) is 0 Å². The van der Waals surface area contributed by atoms with Gasteiger partial charge in [0.25, 0.3) is 0 Å². The Balaban J connectivity index is 2.05. The first-order valence-corrected chi connectivity index (χ1v) is 6.55. The van der Waals surface area contributed by atoms with E-state index in [0.29, 0.717) is 13.2 Å². The molecule has 1 fully saturated rings. The molecule has 0 radical (unpaired) electrons. The van der Waals surface area contributed by atoms with Crippen molar-refractivity contribution in [3.05, 3.63) is 29.3 Å². The van der Waals surface area contributed by atoms with Gasteiger partial charge in [0.05, 0.1) is 24.5 Å². The molecule has 1 aliphatic rings. The summed E-state index contributed by atoms with van der Waals surface area (Å²) in [6.45, 7) is 1.11. The van der Waals surface area contributed by atoms with Gasteiger partial charge in [0.2, 0.25) is 0 Å². The summed E-state index contributed by atoms with van der Waals surface area (Å²) in [5.74, 6) is -3.18. The highest BCUT2D eigenvalue weighted by Crippen LogP contribution is 2.22. The number of carbonyl (C=O) groups is 1. The molecule has 1 N–H and O–H groups in total. The first kappa shape index (κ1) is 14.7. The summed E-state index contributed by atoms with van der Waals surface area (Å²) in [6, 6.07) is 2.53. The van der Waals surface area contributed by atoms with Crippen LogP contribution < -0.4 is 5.32 Å². The molecule has 1 unspecified atom stereocenters. The van der Waals surface area contributed by atoms with Crippen LogP contribution in [0.3, 0.4) is 0 Å². The minimum Gasteiger partial charge on any atom is -0.465 e. The summed E-state index contributed by atoms with van der Waals surface area (Å²) in [5, 5.41) is 2.82. The Bertz CT molecular complexity index is 488. The largest absolute Gasteiger partial charge is 0.465 e. The summed E-state index contributed by atoms with van der Waals surface area (Å²) in [4.78, 5) is 11.2. The number of hydrogen-bond acceptors (Lipinski definition) is 4. The van der Waals surface area contributed by atoms with Gasteiger partial charge in [-0.25, -0.2) is 13.6 Å². The van der Waals surface area contributed by atoms with Crippen molar-refractivity contribution in [1.82, 2.24) is 0 Å². The topological polar surface area (TPSA) is 47.6 Å². The quantitative estimate of drug-likeness (QED) is 0.864. The standard InChI is InChI=1S/C14H17F2NO3/c1-19-14(18)10-5-6-11(13(16)12(10)15)17-8-9-4-2-3-7-20-9/h5-6,9,17H,2-4,7-8H2,1H3. The van der Waals surface area contributed by atoms with Crippen molar-refractivity contribution in [2.75, 3.05) is 25.6 Å². The second kappa shape index (κ2) is 6.65. The highest BCUT2D eigenvalue weighted by atomic mass is 19.2. The van der Waals surface area contributed by atoms with Crippen LogP contribution in [0.5, 0.6) is 0 Å². The molecule has 0 aromatic heterocycles. The molecule has 0 amide bonds. The number of methoxy groups -OCH3 is 1. The Morgan fingerprint density at radius 2 is 2.20 bits per heavy atom. The van der Waals surface area contributed by atoms with Crippen LogP contribution in [0.2, 0.25) is 0 Å². The molecule has 0 aliphatic carbocycles. The molecule has 1 atom stereocenters. The van der Waals surface area contributed by atoms with E-state index in [4.69, 9.17) is 4.74 Å². The van der Waals surface area contributed by atoms with Crippen LogP contribution in [0.4, 0.5) is 14.5 Å². The third kappa shape index (κ3) is 3.25. The fourth-order valence-corrected chi connectivity index (χ4v) is 2.15. The third-order valence-corrected chi connectivity index (χ3v) is 3.28. The van der Waals surface area contributed by atoms with Crippen LogP contribution in [0, 0.1) is 11.6 Å². The van der Waals surface area contributed by atoms with E-state index in [0.717, 1.165) is 26.4 Å². The van der Waals surface area contributed by atoms with Crippen molar-refractivity contribution in [2.45, 2.75) is 25.4 Å². The molecule has 1 aromatic rings. The monoisotopic (exact) mass is 285 g/mol. The SMILES string of the molecule is COC(=O)c1ccc(NCC2CCCCO2)c(F)c1F. The average molecular weight is 285 g/mol. The van der Waals surface area contributed by atoms with Gasteiger partial charge in [-0.3, -0.25) is 0 Å². The molecule has 0 bridgehead atoms. The summed E-state index contributed by atoms with van der Waals surface area (Å²) in [6.07, 6.45) is 3.02. The zero-order valence-electron chi connectivity index (χ0n) is 11.2. The number of anilines is 1. The van der Waals surface area contributed by atoms with E-state index in [2.05, 4.69) is 10.1 Å². The number of benzene rings is 1. The average Bonchev–Trinajstić information content (AvgIpc) is 2.49. The fourth-order valence-electron chi connectivity index (χ4n) is 2.15. The van der Waals surface area contributed by atoms with Crippen LogP contribution in [0.15, 0.2) is 12.1 Å². The van der Waals surface area contributed by atoms with Crippen molar-refractivity contribution in [2.24, 2.45) is 0 Å². The lowest BCUT2D eigenvalue weighted by Gasteiger charge is -2.23. The molecule has 1 saturated heterocycles. The molecule has 1 aromatic carbocycles. The van der Waals surface area contributed by atoms with Crippen LogP contribution in [0.25, 0.3) is 0 Å². The van der Waals surface area contributed by atoms with Gasteiger partial charge >= 0.3 is 5.97 Å². The number of ether oxygens (including phenoxy) is 2. The van der Waals surface area contributed by atoms with E-state index < -0.39 is 23.2 Å². The van der Waals surface area contributed by atoms with Crippen molar-refractivity contribution in [1.29, 1.82) is 0 Å². The molecule has 6 heteroatoms. The normalized spacial score (nSPS) is 18.6. The predicted molar refractivity (Wildman–Crippen MR) is 69.8 cm³/mol. The predicted octanol–water partition coefficient (Wildman–Crippen LogP) is 2.73. The van der Waals surface area contributed by atoms with E-state index in [1.165, 1.54) is 12.1 Å². The van der Waals surface area contributed by atoms with Gasteiger partial charge in [-0.15, -0.1) is 0 Å². The molecule has 0 spiro atoms. The van der Waals surface area contributed by atoms with Crippen molar-refractivity contribution in [3.8, 4) is 0 Å². The Labute approximate surface area is 116 Å². The minimum absolute atomic E-state index is 0.00601. The highest BCUT2D eigenvalue weighted by Gasteiger charge is 2.20. The van der Waals surface area contributed by atoms with Gasteiger partial charge in [0, 0.05) is 13.2 Å². The number of esters is 1. The van der Waals surface area contributed by atoms with E-state index in [-0.39, 0.29) is 11.8 Å². The first-order valence-electron chi connectivity index (χ1n) is 6.55. The maximum Gasteiger partial charge on any atom is 0.340 e. The zero-order chi connectivity index (χ0) is 14.5. The minimum atomic E-state index is -1.20. The summed E-state index contributed by atoms with van der Waals surface area (Å²) < 4.78 is 37.4. The van der Waals surface area contributed by atoms with Crippen molar-refractivity contribution >= 4 is 11.7 Å². The Morgan fingerprint density at radius 1 is 1.40 bits per heavy atom. The molecule has 2 rings (SSSR count). The Morgan fingerprint density at radius 3 is 2.85 bits per heavy atom. The van der Waals surface area contributed by atoms with Crippen molar-refractivity contribution in [3.63, 3.8) is 0 Å². The van der Waals surface area contributed by atoms with Gasteiger partial charge in [-0.2, -0.15) is 0 Å². The first-order chi connectivity index (χ1) is 9.63. The van der Waals surface area contributed by atoms with E-state index in [9.17, 15) is 13.6 Å². The summed E-state index contributed by atoms with van der Waals surface area (Å²) >= 11 is 0. The Hall–Kier alpha value is -1.69. The second-order valence-electron chi connectivity index (χ2n) is 4.65. The maximum atomic E-state index is 13.8. The number of hydrogen-bond donors (Lipinski definition) is 1. The smallest absolute Gasteiger partial charge is 0.340 e.